The van der Waals surface area contributed by atoms with E-state index in [1.807, 2.05) is 0 Å². The minimum Gasteiger partial charge on any atom is -0.486 e. The first-order valence-electron chi connectivity index (χ1n) is 13.1. The zero-order valence-corrected chi connectivity index (χ0v) is 25.0. The molecule has 0 saturated carbocycles. The lowest BCUT2D eigenvalue weighted by atomic mass is 10.1. The lowest BCUT2D eigenvalue weighted by molar-refractivity contribution is -0.140. The highest BCUT2D eigenvalue weighted by molar-refractivity contribution is 7.92. The third-order valence-electron chi connectivity index (χ3n) is 6.50. The van der Waals surface area contributed by atoms with Crippen LogP contribution in [0.1, 0.15) is 25.8 Å². The molecule has 12 heteroatoms. The Balaban J connectivity index is 1.76. The largest absolute Gasteiger partial charge is 0.486 e. The van der Waals surface area contributed by atoms with Crippen molar-refractivity contribution < 1.29 is 27.5 Å². The number of carbonyl (C=O) groups excluding carboxylic acids is 2. The van der Waals surface area contributed by atoms with Crippen LogP contribution in [0.3, 0.4) is 0 Å². The minimum absolute atomic E-state index is 0.00568. The van der Waals surface area contributed by atoms with Crippen molar-refractivity contribution in [3.05, 3.63) is 82.3 Å². The van der Waals surface area contributed by atoms with Gasteiger partial charge in [0.25, 0.3) is 10.0 Å². The molecular weight excluding hydrogens is 589 g/mol. The summed E-state index contributed by atoms with van der Waals surface area (Å²) in [4.78, 5) is 28.5. The highest BCUT2D eigenvalue weighted by Gasteiger charge is 2.34. The number of sulfonamides is 1. The third kappa shape index (κ3) is 7.06. The number of benzene rings is 3. The fourth-order valence-electron chi connectivity index (χ4n) is 4.48. The molecule has 41 heavy (non-hydrogen) atoms. The van der Waals surface area contributed by atoms with E-state index in [1.54, 1.807) is 62.4 Å². The van der Waals surface area contributed by atoms with Crippen LogP contribution in [0.15, 0.2) is 71.6 Å². The van der Waals surface area contributed by atoms with Crippen molar-refractivity contribution in [2.45, 2.75) is 37.8 Å². The average molecular weight is 621 g/mol. The summed E-state index contributed by atoms with van der Waals surface area (Å²) in [5.74, 6) is -0.0772. The van der Waals surface area contributed by atoms with E-state index < -0.39 is 28.5 Å². The predicted molar refractivity (Wildman–Crippen MR) is 158 cm³/mol. The van der Waals surface area contributed by atoms with E-state index in [-0.39, 0.29) is 23.0 Å². The number of fused-ring (bicyclic) bond motifs is 1. The molecule has 0 radical (unpaired) electrons. The van der Waals surface area contributed by atoms with Gasteiger partial charge in [-0.25, -0.2) is 8.42 Å². The molecule has 0 spiro atoms. The number of ether oxygens (including phenoxy) is 2. The molecule has 1 N–H and O–H groups in total. The van der Waals surface area contributed by atoms with Gasteiger partial charge in [0.2, 0.25) is 11.8 Å². The number of carbonyl (C=O) groups is 2. The summed E-state index contributed by atoms with van der Waals surface area (Å²) in [7, 11) is -4.21. The Labute approximate surface area is 250 Å². The second-order valence-corrected chi connectivity index (χ2v) is 11.9. The van der Waals surface area contributed by atoms with E-state index in [4.69, 9.17) is 32.7 Å². The molecule has 1 aliphatic heterocycles. The van der Waals surface area contributed by atoms with Crippen LogP contribution in [0.25, 0.3) is 0 Å². The summed E-state index contributed by atoms with van der Waals surface area (Å²) in [5.41, 5.74) is 0.847. The monoisotopic (exact) mass is 619 g/mol. The number of anilines is 1. The summed E-state index contributed by atoms with van der Waals surface area (Å²) >= 11 is 12.3. The van der Waals surface area contributed by atoms with Gasteiger partial charge in [0.15, 0.2) is 11.5 Å². The number of likely N-dealkylation sites (N-methyl/N-ethyl adjacent to an activating group) is 1. The molecule has 1 aliphatic rings. The van der Waals surface area contributed by atoms with Crippen LogP contribution in [-0.4, -0.2) is 57.5 Å². The molecule has 0 fully saturated rings. The van der Waals surface area contributed by atoms with Crippen molar-refractivity contribution in [1.29, 1.82) is 0 Å². The maximum atomic E-state index is 14.1. The first-order valence-corrected chi connectivity index (χ1v) is 15.3. The van der Waals surface area contributed by atoms with Crippen LogP contribution in [0.4, 0.5) is 5.69 Å². The van der Waals surface area contributed by atoms with Crippen molar-refractivity contribution in [3.63, 3.8) is 0 Å². The van der Waals surface area contributed by atoms with Gasteiger partial charge in [0.1, 0.15) is 25.8 Å². The Morgan fingerprint density at radius 2 is 1.63 bits per heavy atom. The van der Waals surface area contributed by atoms with Crippen molar-refractivity contribution in [3.8, 4) is 11.5 Å². The Morgan fingerprint density at radius 3 is 2.29 bits per heavy atom. The quantitative estimate of drug-likeness (QED) is 0.327. The number of amides is 2. The molecule has 0 aromatic heterocycles. The van der Waals surface area contributed by atoms with Gasteiger partial charge in [-0.2, -0.15) is 0 Å². The summed E-state index contributed by atoms with van der Waals surface area (Å²) in [6, 6.07) is 16.6. The van der Waals surface area contributed by atoms with Crippen LogP contribution < -0.4 is 19.1 Å². The van der Waals surface area contributed by atoms with E-state index >= 15 is 0 Å². The Bertz CT molecular complexity index is 1500. The van der Waals surface area contributed by atoms with Crippen LogP contribution in [0.5, 0.6) is 11.5 Å². The van der Waals surface area contributed by atoms with Crippen LogP contribution in [-0.2, 0) is 26.2 Å². The van der Waals surface area contributed by atoms with Gasteiger partial charge in [0, 0.05) is 19.2 Å². The highest BCUT2D eigenvalue weighted by Crippen LogP contribution is 2.36. The topological polar surface area (TPSA) is 105 Å². The number of rotatable bonds is 11. The van der Waals surface area contributed by atoms with E-state index in [0.29, 0.717) is 53.3 Å². The molecule has 9 nitrogen and oxygen atoms in total. The predicted octanol–water partition coefficient (Wildman–Crippen LogP) is 4.90. The van der Waals surface area contributed by atoms with Crippen LogP contribution in [0, 0.1) is 0 Å². The standard InChI is InChI=1S/C29H31Cl2N3O6S/c1-3-25(29(36)32-4-2)33(18-20-10-12-23(30)24(31)16-20)28(35)19-34(41(37,38)22-8-6-5-7-9-22)21-11-13-26-27(17-21)40-15-14-39-26/h5-13,16-17,25H,3-4,14-15,18-19H2,1-2H3,(H,32,36)/t25-/m0/s1. The SMILES string of the molecule is CCNC(=O)[C@H](CC)N(Cc1ccc(Cl)c(Cl)c1)C(=O)CN(c1ccc2c(c1)OCCO2)S(=O)(=O)c1ccccc1. The van der Waals surface area contributed by atoms with E-state index in [1.165, 1.54) is 23.1 Å². The van der Waals surface area contributed by atoms with Gasteiger partial charge in [0.05, 0.1) is 20.6 Å². The van der Waals surface area contributed by atoms with Crippen molar-refractivity contribution in [2.75, 3.05) is 30.6 Å². The summed E-state index contributed by atoms with van der Waals surface area (Å²) in [5, 5.41) is 3.42. The van der Waals surface area contributed by atoms with Crippen molar-refractivity contribution in [2.24, 2.45) is 0 Å². The second kappa shape index (κ2) is 13.5. The number of nitrogens with one attached hydrogen (secondary N) is 1. The molecule has 218 valence electrons. The second-order valence-electron chi connectivity index (χ2n) is 9.24. The number of hydrogen-bond acceptors (Lipinski definition) is 6. The van der Waals surface area contributed by atoms with Gasteiger partial charge in [-0.15, -0.1) is 0 Å². The maximum Gasteiger partial charge on any atom is 0.264 e. The Kier molecular flexibility index (Phi) is 10.0. The first-order chi connectivity index (χ1) is 19.6. The Hall–Kier alpha value is -3.47. The van der Waals surface area contributed by atoms with Crippen molar-refractivity contribution in [1.82, 2.24) is 10.2 Å². The van der Waals surface area contributed by atoms with Crippen LogP contribution >= 0.6 is 23.2 Å². The molecule has 0 aliphatic carbocycles. The normalized spacial score (nSPS) is 13.3. The molecule has 0 saturated heterocycles. The zero-order valence-electron chi connectivity index (χ0n) is 22.7. The number of halogens is 2. The zero-order chi connectivity index (χ0) is 29.6. The molecule has 3 aromatic carbocycles. The van der Waals surface area contributed by atoms with E-state index in [0.717, 1.165) is 4.31 Å². The lowest BCUT2D eigenvalue weighted by Gasteiger charge is -2.33. The van der Waals surface area contributed by atoms with Gasteiger partial charge >= 0.3 is 0 Å². The minimum atomic E-state index is -4.21. The fourth-order valence-corrected chi connectivity index (χ4v) is 6.23. The molecule has 0 unspecified atom stereocenters. The molecule has 1 heterocycles. The summed E-state index contributed by atoms with van der Waals surface area (Å²) < 4.78 is 40.2. The van der Waals surface area contributed by atoms with Crippen LogP contribution in [0.2, 0.25) is 10.0 Å². The van der Waals surface area contributed by atoms with E-state index in [9.17, 15) is 18.0 Å². The molecule has 2 amide bonds. The molecule has 1 atom stereocenters. The molecule has 3 aromatic rings. The lowest BCUT2D eigenvalue weighted by Crippen LogP contribution is -2.52. The molecule has 4 rings (SSSR count). The van der Waals surface area contributed by atoms with Crippen molar-refractivity contribution >= 4 is 50.7 Å². The van der Waals surface area contributed by atoms with E-state index in [2.05, 4.69) is 5.32 Å². The number of hydrogen-bond donors (Lipinski definition) is 1. The first kappa shape index (κ1) is 30.5. The maximum absolute atomic E-state index is 14.1. The third-order valence-corrected chi connectivity index (χ3v) is 9.02. The smallest absolute Gasteiger partial charge is 0.264 e. The average Bonchev–Trinajstić information content (AvgIpc) is 2.97. The van der Waals surface area contributed by atoms with Gasteiger partial charge in [-0.1, -0.05) is 54.4 Å². The fraction of sp³-hybridized carbons (Fsp3) is 0.310. The molecular formula is C29H31Cl2N3O6S. The summed E-state index contributed by atoms with van der Waals surface area (Å²) in [6.07, 6.45) is 0.300. The highest BCUT2D eigenvalue weighted by atomic mass is 35.5. The Morgan fingerprint density at radius 1 is 0.927 bits per heavy atom. The van der Waals surface area contributed by atoms with Gasteiger partial charge in [-0.3, -0.25) is 13.9 Å². The van der Waals surface area contributed by atoms with Gasteiger partial charge in [-0.05, 0) is 55.3 Å². The van der Waals surface area contributed by atoms with Gasteiger partial charge < -0.3 is 19.7 Å². The summed E-state index contributed by atoms with van der Waals surface area (Å²) in [6.45, 7) is 4.05. The molecule has 0 bridgehead atoms. The number of nitrogens with zero attached hydrogens (tertiary/aromatic N) is 2.